The smallest absolute Gasteiger partial charge is 0.234 e. The molecule has 4 heteroatoms. The predicted octanol–water partition coefficient (Wildman–Crippen LogP) is 3.85. The Bertz CT molecular complexity index is 888. The number of ether oxygens (including phenoxy) is 1. The molecule has 3 rings (SSSR count). The number of allylic oxidation sites excluding steroid dienone is 1. The maximum Gasteiger partial charge on any atom is 0.234 e. The summed E-state index contributed by atoms with van der Waals surface area (Å²) in [4.78, 5) is 24.7. The first-order valence-corrected chi connectivity index (χ1v) is 7.50. The number of aliphatic hydroxyl groups is 1. The number of hydrogen-bond donors (Lipinski definition) is 1. The second-order valence-electron chi connectivity index (χ2n) is 6.14. The summed E-state index contributed by atoms with van der Waals surface area (Å²) in [6.07, 6.45) is 0. The monoisotopic (exact) mass is 310 g/mol. The molecule has 0 amide bonds. The molecule has 1 N–H and O–H groups in total. The van der Waals surface area contributed by atoms with Gasteiger partial charge in [-0.15, -0.1) is 0 Å². The average Bonchev–Trinajstić information content (AvgIpc) is 2.51. The fourth-order valence-corrected chi connectivity index (χ4v) is 3.10. The normalized spacial score (nSPS) is 14.7. The van der Waals surface area contributed by atoms with E-state index in [1.54, 1.807) is 33.1 Å². The van der Waals surface area contributed by atoms with Crippen molar-refractivity contribution < 1.29 is 19.4 Å². The number of ketones is 2. The van der Waals surface area contributed by atoms with E-state index in [0.717, 1.165) is 16.3 Å². The number of aryl methyl sites for hydroxylation is 1. The summed E-state index contributed by atoms with van der Waals surface area (Å²) in [6.45, 7) is 5.52. The van der Waals surface area contributed by atoms with Crippen LogP contribution in [0.3, 0.4) is 0 Å². The van der Waals surface area contributed by atoms with E-state index in [4.69, 9.17) is 4.74 Å². The van der Waals surface area contributed by atoms with Crippen LogP contribution in [0.2, 0.25) is 0 Å². The summed E-state index contributed by atoms with van der Waals surface area (Å²) in [5.41, 5.74) is 1.84. The highest BCUT2D eigenvalue weighted by atomic mass is 16.5. The lowest BCUT2D eigenvalue weighted by molar-refractivity contribution is -0.112. The van der Waals surface area contributed by atoms with Crippen LogP contribution in [0.1, 0.15) is 35.3 Å². The van der Waals surface area contributed by atoms with E-state index in [9.17, 15) is 14.7 Å². The molecule has 0 aromatic heterocycles. The summed E-state index contributed by atoms with van der Waals surface area (Å²) < 4.78 is 5.25. The highest BCUT2D eigenvalue weighted by Crippen LogP contribution is 2.36. The van der Waals surface area contributed by atoms with E-state index in [1.807, 2.05) is 19.1 Å². The first-order valence-electron chi connectivity index (χ1n) is 7.50. The summed E-state index contributed by atoms with van der Waals surface area (Å²) in [6, 6.07) is 7.16. The summed E-state index contributed by atoms with van der Waals surface area (Å²) in [5.74, 6) is -0.802. The molecule has 23 heavy (non-hydrogen) atoms. The molecular formula is C19H18O4. The zero-order valence-electron chi connectivity index (χ0n) is 13.6. The average molecular weight is 310 g/mol. The van der Waals surface area contributed by atoms with Crippen molar-refractivity contribution >= 4 is 28.1 Å². The summed E-state index contributed by atoms with van der Waals surface area (Å²) in [5, 5.41) is 12.2. The minimum atomic E-state index is -0.621. The molecule has 0 atom stereocenters. The molecular weight excluding hydrogens is 292 g/mol. The maximum absolute atomic E-state index is 12.4. The van der Waals surface area contributed by atoms with Gasteiger partial charge < -0.3 is 9.84 Å². The molecule has 0 aliphatic heterocycles. The first-order chi connectivity index (χ1) is 10.8. The Hall–Kier alpha value is -2.62. The van der Waals surface area contributed by atoms with Crippen LogP contribution in [-0.4, -0.2) is 23.8 Å². The molecule has 1 aliphatic carbocycles. The van der Waals surface area contributed by atoms with Crippen LogP contribution in [-0.2, 0) is 4.79 Å². The van der Waals surface area contributed by atoms with Crippen molar-refractivity contribution in [2.75, 3.05) is 7.11 Å². The number of benzene rings is 2. The Kier molecular flexibility index (Phi) is 3.48. The Balaban J connectivity index is 2.38. The van der Waals surface area contributed by atoms with Crippen molar-refractivity contribution in [3.05, 3.63) is 46.5 Å². The first kappa shape index (κ1) is 15.3. The largest absolute Gasteiger partial charge is 0.507 e. The lowest BCUT2D eigenvalue weighted by Gasteiger charge is -2.21. The second-order valence-corrected chi connectivity index (χ2v) is 6.14. The molecule has 0 heterocycles. The quantitative estimate of drug-likeness (QED) is 0.856. The standard InChI is InChI=1S/C19H18O4/c1-9(2)16-17(20)15-8-13-10(3)5-12(23-4)6-11(13)7-14(15)18(21)19(16)22/h5-9,20H,1-4H3. The number of aliphatic hydroxyl groups excluding tert-OH is 1. The lowest BCUT2D eigenvalue weighted by Crippen LogP contribution is -2.26. The molecule has 0 spiro atoms. The van der Waals surface area contributed by atoms with E-state index >= 15 is 0 Å². The number of hydrogen-bond acceptors (Lipinski definition) is 4. The van der Waals surface area contributed by atoms with E-state index in [-0.39, 0.29) is 22.8 Å². The number of carbonyl (C=O) groups excluding carboxylic acids is 2. The molecule has 0 radical (unpaired) electrons. The van der Waals surface area contributed by atoms with Crippen LogP contribution in [0.25, 0.3) is 16.5 Å². The second kappa shape index (κ2) is 5.23. The van der Waals surface area contributed by atoms with Crippen molar-refractivity contribution in [1.29, 1.82) is 0 Å². The van der Waals surface area contributed by atoms with Gasteiger partial charge in [0.15, 0.2) is 0 Å². The van der Waals surface area contributed by atoms with Crippen LogP contribution >= 0.6 is 0 Å². The molecule has 0 saturated carbocycles. The molecule has 1 aliphatic rings. The van der Waals surface area contributed by atoms with E-state index < -0.39 is 11.6 Å². The number of methoxy groups -OCH3 is 1. The zero-order valence-corrected chi connectivity index (χ0v) is 13.6. The minimum Gasteiger partial charge on any atom is -0.507 e. The van der Waals surface area contributed by atoms with Crippen LogP contribution in [0.4, 0.5) is 0 Å². The van der Waals surface area contributed by atoms with Crippen molar-refractivity contribution in [2.45, 2.75) is 20.8 Å². The minimum absolute atomic E-state index is 0.0864. The van der Waals surface area contributed by atoms with E-state index in [2.05, 4.69) is 0 Å². The highest BCUT2D eigenvalue weighted by molar-refractivity contribution is 6.52. The van der Waals surface area contributed by atoms with Gasteiger partial charge in [-0.25, -0.2) is 0 Å². The van der Waals surface area contributed by atoms with Crippen LogP contribution in [0.5, 0.6) is 5.75 Å². The van der Waals surface area contributed by atoms with E-state index in [1.165, 1.54) is 0 Å². The van der Waals surface area contributed by atoms with Gasteiger partial charge in [-0.1, -0.05) is 13.8 Å². The summed E-state index contributed by atoms with van der Waals surface area (Å²) in [7, 11) is 1.58. The molecule has 0 bridgehead atoms. The molecule has 4 nitrogen and oxygen atoms in total. The topological polar surface area (TPSA) is 63.6 Å². The Morgan fingerprint density at radius 1 is 1.00 bits per heavy atom. The fraction of sp³-hybridized carbons (Fsp3) is 0.263. The fourth-order valence-electron chi connectivity index (χ4n) is 3.10. The van der Waals surface area contributed by atoms with Gasteiger partial charge in [0.2, 0.25) is 11.6 Å². The number of rotatable bonds is 2. The molecule has 0 fully saturated rings. The van der Waals surface area contributed by atoms with Crippen molar-refractivity contribution in [2.24, 2.45) is 5.92 Å². The number of carbonyl (C=O) groups is 2. The number of fused-ring (bicyclic) bond motifs is 2. The molecule has 118 valence electrons. The van der Waals surface area contributed by atoms with Gasteiger partial charge in [0.25, 0.3) is 0 Å². The van der Waals surface area contributed by atoms with Gasteiger partial charge in [-0.2, -0.15) is 0 Å². The van der Waals surface area contributed by atoms with Gasteiger partial charge >= 0.3 is 0 Å². The van der Waals surface area contributed by atoms with Gasteiger partial charge in [-0.3, -0.25) is 9.59 Å². The van der Waals surface area contributed by atoms with Gasteiger partial charge in [-0.05, 0) is 53.4 Å². The lowest BCUT2D eigenvalue weighted by atomic mass is 9.82. The van der Waals surface area contributed by atoms with Crippen LogP contribution in [0, 0.1) is 12.8 Å². The van der Waals surface area contributed by atoms with Crippen molar-refractivity contribution in [1.82, 2.24) is 0 Å². The van der Waals surface area contributed by atoms with E-state index in [0.29, 0.717) is 11.3 Å². The molecule has 2 aromatic rings. The molecule has 2 aromatic carbocycles. The van der Waals surface area contributed by atoms with Crippen molar-refractivity contribution in [3.8, 4) is 5.75 Å². The Labute approximate surface area is 134 Å². The summed E-state index contributed by atoms with van der Waals surface area (Å²) >= 11 is 0. The number of Topliss-reactive ketones (excluding diaryl/α,β-unsaturated/α-hetero) is 2. The third kappa shape index (κ3) is 2.22. The van der Waals surface area contributed by atoms with Gasteiger partial charge in [0, 0.05) is 16.7 Å². The molecule has 0 saturated heterocycles. The Morgan fingerprint density at radius 2 is 1.70 bits per heavy atom. The zero-order chi connectivity index (χ0) is 16.9. The van der Waals surface area contributed by atoms with Crippen LogP contribution < -0.4 is 4.74 Å². The Morgan fingerprint density at radius 3 is 2.30 bits per heavy atom. The van der Waals surface area contributed by atoms with Crippen molar-refractivity contribution in [3.63, 3.8) is 0 Å². The molecule has 0 unspecified atom stereocenters. The third-order valence-electron chi connectivity index (χ3n) is 4.29. The van der Waals surface area contributed by atoms with Gasteiger partial charge in [0.1, 0.15) is 11.5 Å². The highest BCUT2D eigenvalue weighted by Gasteiger charge is 2.34. The predicted molar refractivity (Wildman–Crippen MR) is 89.0 cm³/mol. The SMILES string of the molecule is COc1cc(C)c2cc3c(cc2c1)C(=O)C(=O)C(C(C)C)=C3O. The maximum atomic E-state index is 12.4. The third-order valence-corrected chi connectivity index (χ3v) is 4.29. The van der Waals surface area contributed by atoms with Gasteiger partial charge in [0.05, 0.1) is 7.11 Å². The van der Waals surface area contributed by atoms with Crippen LogP contribution in [0.15, 0.2) is 29.8 Å².